The molecule has 4 rings (SSSR count). The van der Waals surface area contributed by atoms with E-state index in [-0.39, 0.29) is 12.1 Å². The molecule has 0 amide bonds. The van der Waals surface area contributed by atoms with E-state index in [2.05, 4.69) is 19.9 Å². The van der Waals surface area contributed by atoms with Gasteiger partial charge in [-0.3, -0.25) is 4.98 Å². The lowest BCUT2D eigenvalue weighted by atomic mass is 10.3. The van der Waals surface area contributed by atoms with Crippen molar-refractivity contribution in [3.63, 3.8) is 0 Å². The lowest BCUT2D eigenvalue weighted by molar-refractivity contribution is 0.919. The largest absolute Gasteiger partial charge is 0.338 e. The number of nitrogens with zero attached hydrogens (tertiary/aromatic N) is 3. The molecule has 0 radical (unpaired) electrons. The second-order valence-electron chi connectivity index (χ2n) is 4.20. The molecule has 7 heteroatoms. The van der Waals surface area contributed by atoms with Gasteiger partial charge in [0.25, 0.3) is 0 Å². The first-order valence-corrected chi connectivity index (χ1v) is 7.36. The van der Waals surface area contributed by atoms with Gasteiger partial charge in [-0.05, 0) is 18.2 Å². The fraction of sp³-hybridized carbons (Fsp3) is 0. The van der Waals surface area contributed by atoms with Crippen molar-refractivity contribution in [3.8, 4) is 10.6 Å². The van der Waals surface area contributed by atoms with Gasteiger partial charge in [-0.15, -0.1) is 11.3 Å². The molecule has 0 saturated carbocycles. The number of fused-ring (bicyclic) bond motifs is 3. The summed E-state index contributed by atoms with van der Waals surface area (Å²) in [4.78, 5) is 15.9. The zero-order valence-corrected chi connectivity index (χ0v) is 11.6. The second-order valence-corrected chi connectivity index (χ2v) is 5.77. The van der Waals surface area contributed by atoms with E-state index in [0.717, 1.165) is 31.8 Å². The van der Waals surface area contributed by atoms with Crippen LogP contribution in [0.1, 0.15) is 0 Å². The van der Waals surface area contributed by atoms with E-state index in [0.29, 0.717) is 5.03 Å². The van der Waals surface area contributed by atoms with Gasteiger partial charge >= 0.3 is 0 Å². The molecule has 4 nitrogen and oxygen atoms in total. The number of rotatable bonds is 2. The normalized spacial score (nSPS) is 11.4. The van der Waals surface area contributed by atoms with Gasteiger partial charge < -0.3 is 4.98 Å². The quantitative estimate of drug-likeness (QED) is 0.602. The number of aromatic amines is 1. The third-order valence-electron chi connectivity index (χ3n) is 3.01. The Labute approximate surface area is 121 Å². The molecule has 0 aliphatic carbocycles. The van der Waals surface area contributed by atoms with Crippen molar-refractivity contribution in [2.45, 2.75) is 5.03 Å². The molecule has 0 unspecified atom stereocenters. The Bertz CT molecular complexity index is 915. The van der Waals surface area contributed by atoms with Crippen molar-refractivity contribution in [2.24, 2.45) is 0 Å². The highest BCUT2D eigenvalue weighted by atomic mass is 32.2. The Balaban J connectivity index is 1.92. The fourth-order valence-electron chi connectivity index (χ4n) is 2.11. The SMILES string of the molecule is FSc1cc(-c2nc3[nH]c4ccncc4c3s2)ccn1. The Hall–Kier alpha value is -1.99. The molecule has 20 heavy (non-hydrogen) atoms. The maximum absolute atomic E-state index is 12.6. The predicted octanol–water partition coefficient (Wildman–Crippen LogP) is 4.21. The number of H-pyrrole nitrogens is 1. The van der Waals surface area contributed by atoms with Gasteiger partial charge in [0.2, 0.25) is 0 Å². The van der Waals surface area contributed by atoms with Crippen molar-refractivity contribution in [2.75, 3.05) is 0 Å². The molecule has 0 aliphatic rings. The van der Waals surface area contributed by atoms with Gasteiger partial charge in [-0.2, -0.15) is 3.89 Å². The number of thiazole rings is 1. The van der Waals surface area contributed by atoms with Crippen LogP contribution < -0.4 is 0 Å². The molecule has 0 atom stereocenters. The van der Waals surface area contributed by atoms with Crippen LogP contribution in [-0.4, -0.2) is 19.9 Å². The predicted molar refractivity (Wildman–Crippen MR) is 79.5 cm³/mol. The molecule has 0 saturated heterocycles. The number of nitrogens with one attached hydrogen (secondary N) is 1. The minimum Gasteiger partial charge on any atom is -0.338 e. The number of hydrogen-bond acceptors (Lipinski definition) is 5. The van der Waals surface area contributed by atoms with Gasteiger partial charge in [0.1, 0.15) is 27.8 Å². The fourth-order valence-corrected chi connectivity index (χ4v) is 3.42. The summed E-state index contributed by atoms with van der Waals surface area (Å²) >= 11 is 1.70. The van der Waals surface area contributed by atoms with E-state index in [1.807, 2.05) is 18.3 Å². The zero-order valence-electron chi connectivity index (χ0n) is 10.0. The average molecular weight is 302 g/mol. The number of aromatic nitrogens is 4. The molecule has 4 aromatic heterocycles. The van der Waals surface area contributed by atoms with Crippen LogP contribution in [0.25, 0.3) is 31.8 Å². The number of hydrogen-bond donors (Lipinski definition) is 1. The smallest absolute Gasteiger partial charge is 0.150 e. The maximum Gasteiger partial charge on any atom is 0.150 e. The number of pyridine rings is 2. The molecular weight excluding hydrogens is 295 g/mol. The average Bonchev–Trinajstić information content (AvgIpc) is 3.05. The molecular formula is C13H7FN4S2. The van der Waals surface area contributed by atoms with E-state index in [1.54, 1.807) is 29.8 Å². The number of halogens is 1. The summed E-state index contributed by atoms with van der Waals surface area (Å²) in [5, 5.41) is 2.24. The highest BCUT2D eigenvalue weighted by Crippen LogP contribution is 2.35. The van der Waals surface area contributed by atoms with Crippen LogP contribution in [0.3, 0.4) is 0 Å². The van der Waals surface area contributed by atoms with Crippen molar-refractivity contribution < 1.29 is 3.89 Å². The third-order valence-corrected chi connectivity index (χ3v) is 4.53. The lowest BCUT2D eigenvalue weighted by Gasteiger charge is -1.96. The van der Waals surface area contributed by atoms with Crippen LogP contribution in [0.2, 0.25) is 0 Å². The van der Waals surface area contributed by atoms with Crippen molar-refractivity contribution in [1.82, 2.24) is 19.9 Å². The molecule has 0 spiro atoms. The zero-order chi connectivity index (χ0) is 13.5. The van der Waals surface area contributed by atoms with E-state index in [1.165, 1.54) is 0 Å². The monoisotopic (exact) mass is 302 g/mol. The third kappa shape index (κ3) is 1.78. The molecule has 0 bridgehead atoms. The van der Waals surface area contributed by atoms with Crippen molar-refractivity contribution >= 4 is 44.7 Å². The van der Waals surface area contributed by atoms with Gasteiger partial charge in [-0.1, -0.05) is 0 Å². The van der Waals surface area contributed by atoms with Crippen molar-refractivity contribution in [1.29, 1.82) is 0 Å². The molecule has 1 N–H and O–H groups in total. The summed E-state index contributed by atoms with van der Waals surface area (Å²) in [6.07, 6.45) is 5.16. The van der Waals surface area contributed by atoms with Gasteiger partial charge in [0.15, 0.2) is 0 Å². The van der Waals surface area contributed by atoms with Gasteiger partial charge in [0, 0.05) is 29.5 Å². The molecule has 0 fully saturated rings. The Kier molecular flexibility index (Phi) is 2.68. The van der Waals surface area contributed by atoms with E-state index in [9.17, 15) is 3.89 Å². The Morgan fingerprint density at radius 1 is 1.25 bits per heavy atom. The molecule has 0 aliphatic heterocycles. The minimum absolute atomic E-state index is 0.137. The summed E-state index contributed by atoms with van der Waals surface area (Å²) in [5.74, 6) is 0. The van der Waals surface area contributed by atoms with Crippen LogP contribution in [0, 0.1) is 0 Å². The Morgan fingerprint density at radius 2 is 2.20 bits per heavy atom. The molecule has 0 aromatic carbocycles. The van der Waals surface area contributed by atoms with Crippen molar-refractivity contribution in [3.05, 3.63) is 36.8 Å². The van der Waals surface area contributed by atoms with Gasteiger partial charge in [0.05, 0.1) is 10.2 Å². The van der Waals surface area contributed by atoms with E-state index in [4.69, 9.17) is 0 Å². The summed E-state index contributed by atoms with van der Waals surface area (Å²) in [6.45, 7) is 0. The van der Waals surface area contributed by atoms with E-state index < -0.39 is 0 Å². The summed E-state index contributed by atoms with van der Waals surface area (Å²) in [5.41, 5.74) is 2.72. The maximum atomic E-state index is 12.6. The summed E-state index contributed by atoms with van der Waals surface area (Å²) in [7, 11) is 0. The summed E-state index contributed by atoms with van der Waals surface area (Å²) in [6, 6.07) is 5.45. The first-order chi connectivity index (χ1) is 9.85. The molecule has 98 valence electrons. The first kappa shape index (κ1) is 11.8. The summed E-state index contributed by atoms with van der Waals surface area (Å²) < 4.78 is 13.7. The first-order valence-electron chi connectivity index (χ1n) is 5.82. The van der Waals surface area contributed by atoms with Crippen LogP contribution in [0.15, 0.2) is 41.8 Å². The van der Waals surface area contributed by atoms with Crippen LogP contribution in [-0.2, 0) is 0 Å². The highest BCUT2D eigenvalue weighted by molar-refractivity contribution is 7.94. The molecule has 4 aromatic rings. The van der Waals surface area contributed by atoms with Crippen LogP contribution in [0.4, 0.5) is 3.89 Å². The van der Waals surface area contributed by atoms with E-state index >= 15 is 0 Å². The lowest BCUT2D eigenvalue weighted by Crippen LogP contribution is -1.80. The topological polar surface area (TPSA) is 54.5 Å². The van der Waals surface area contributed by atoms with Crippen LogP contribution in [0.5, 0.6) is 0 Å². The minimum atomic E-state index is 0.137. The Morgan fingerprint density at radius 3 is 3.10 bits per heavy atom. The standard InChI is InChI=1S/C13H7FN4S2/c14-20-10-5-7(1-4-16-10)13-18-12-11(19-13)8-6-15-3-2-9(8)17-12/h1-6,17H. The van der Waals surface area contributed by atoms with Crippen LogP contribution >= 0.6 is 23.5 Å². The second kappa shape index (κ2) is 4.53. The highest BCUT2D eigenvalue weighted by Gasteiger charge is 2.12. The van der Waals surface area contributed by atoms with Gasteiger partial charge in [-0.25, -0.2) is 9.97 Å². The molecule has 4 heterocycles.